The summed E-state index contributed by atoms with van der Waals surface area (Å²) < 4.78 is 27.9. The largest absolute Gasteiger partial charge is 0.340 e. The van der Waals surface area contributed by atoms with Gasteiger partial charge in [0, 0.05) is 17.3 Å². The van der Waals surface area contributed by atoms with Gasteiger partial charge in [0.25, 0.3) is 10.0 Å². The lowest BCUT2D eigenvalue weighted by Gasteiger charge is -2.12. The van der Waals surface area contributed by atoms with Crippen molar-refractivity contribution in [1.82, 2.24) is 9.97 Å². The van der Waals surface area contributed by atoms with Crippen molar-refractivity contribution < 1.29 is 8.42 Å². The minimum Gasteiger partial charge on any atom is -0.340 e. The lowest BCUT2D eigenvalue weighted by atomic mass is 10.1. The van der Waals surface area contributed by atoms with Crippen LogP contribution in [-0.2, 0) is 10.0 Å². The second kappa shape index (κ2) is 8.12. The molecule has 7 heteroatoms. The van der Waals surface area contributed by atoms with E-state index in [-0.39, 0.29) is 10.8 Å². The molecule has 4 aromatic rings. The van der Waals surface area contributed by atoms with Crippen molar-refractivity contribution in [2.24, 2.45) is 0 Å². The Balaban J connectivity index is 1.73. The molecule has 0 aliphatic heterocycles. The first-order valence-electron chi connectivity index (χ1n) is 8.95. The summed E-state index contributed by atoms with van der Waals surface area (Å²) in [4.78, 5) is 8.91. The van der Waals surface area contributed by atoms with Gasteiger partial charge in [0.05, 0.1) is 10.6 Å². The average molecular weight is 402 g/mol. The van der Waals surface area contributed by atoms with Crippen LogP contribution >= 0.6 is 0 Å². The lowest BCUT2D eigenvalue weighted by Crippen LogP contribution is -2.15. The van der Waals surface area contributed by atoms with Crippen molar-refractivity contribution in [3.63, 3.8) is 0 Å². The molecule has 0 amide bonds. The highest BCUT2D eigenvalue weighted by Crippen LogP contribution is 2.24. The van der Waals surface area contributed by atoms with Gasteiger partial charge in [0.15, 0.2) is 0 Å². The Bertz CT molecular complexity index is 1200. The van der Waals surface area contributed by atoms with Gasteiger partial charge < -0.3 is 5.32 Å². The minimum atomic E-state index is -3.80. The van der Waals surface area contributed by atoms with Gasteiger partial charge >= 0.3 is 0 Å². The zero-order valence-corrected chi connectivity index (χ0v) is 16.2. The first-order chi connectivity index (χ1) is 14.1. The van der Waals surface area contributed by atoms with Crippen LogP contribution in [0.3, 0.4) is 0 Å². The van der Waals surface area contributed by atoms with Gasteiger partial charge in [-0.2, -0.15) is 4.98 Å². The fraction of sp³-hybridized carbons (Fsp3) is 0. The summed E-state index contributed by atoms with van der Waals surface area (Å²) >= 11 is 0. The van der Waals surface area contributed by atoms with Gasteiger partial charge in [0.1, 0.15) is 5.82 Å². The maximum absolute atomic E-state index is 12.7. The van der Waals surface area contributed by atoms with E-state index in [0.29, 0.717) is 11.5 Å². The molecule has 144 valence electrons. The normalized spacial score (nSPS) is 11.0. The van der Waals surface area contributed by atoms with Gasteiger partial charge in [-0.1, -0.05) is 66.7 Å². The monoisotopic (exact) mass is 402 g/mol. The number of aromatic nitrogens is 2. The molecule has 0 radical (unpaired) electrons. The van der Waals surface area contributed by atoms with Crippen LogP contribution in [0.25, 0.3) is 11.3 Å². The van der Waals surface area contributed by atoms with Crippen molar-refractivity contribution in [3.05, 3.63) is 97.1 Å². The Labute approximate surface area is 169 Å². The van der Waals surface area contributed by atoms with E-state index in [1.165, 1.54) is 12.1 Å². The number of anilines is 3. The van der Waals surface area contributed by atoms with E-state index in [1.54, 1.807) is 24.3 Å². The molecular formula is C22H18N4O2S. The minimum absolute atomic E-state index is 0.00589. The van der Waals surface area contributed by atoms with Crippen molar-refractivity contribution in [2.75, 3.05) is 10.0 Å². The SMILES string of the molecule is O=S(=O)(Nc1nc(Nc2ccccc2)cc(-c2ccccc2)n1)c1ccccc1. The Morgan fingerprint density at radius 2 is 1.28 bits per heavy atom. The molecule has 0 aliphatic carbocycles. The molecule has 1 aromatic heterocycles. The molecule has 3 aromatic carbocycles. The third-order valence-electron chi connectivity index (χ3n) is 4.12. The van der Waals surface area contributed by atoms with Crippen LogP contribution in [-0.4, -0.2) is 18.4 Å². The van der Waals surface area contributed by atoms with Crippen LogP contribution in [0.15, 0.2) is 102 Å². The van der Waals surface area contributed by atoms with Crippen LogP contribution in [0.2, 0.25) is 0 Å². The van der Waals surface area contributed by atoms with Gasteiger partial charge in [-0.15, -0.1) is 0 Å². The van der Waals surface area contributed by atoms with E-state index in [4.69, 9.17) is 0 Å². The number of para-hydroxylation sites is 1. The van der Waals surface area contributed by atoms with Crippen molar-refractivity contribution in [2.45, 2.75) is 4.90 Å². The van der Waals surface area contributed by atoms with E-state index < -0.39 is 10.0 Å². The summed E-state index contributed by atoms with van der Waals surface area (Å²) in [5.74, 6) is 0.476. The van der Waals surface area contributed by atoms with Crippen molar-refractivity contribution in [1.29, 1.82) is 0 Å². The van der Waals surface area contributed by atoms with E-state index in [0.717, 1.165) is 11.3 Å². The third-order valence-corrected chi connectivity index (χ3v) is 5.47. The molecule has 0 saturated heterocycles. The molecule has 1 heterocycles. The third kappa shape index (κ3) is 4.59. The number of sulfonamides is 1. The maximum atomic E-state index is 12.7. The van der Waals surface area contributed by atoms with Crippen LogP contribution < -0.4 is 10.0 Å². The quantitative estimate of drug-likeness (QED) is 0.489. The first-order valence-corrected chi connectivity index (χ1v) is 10.4. The van der Waals surface area contributed by atoms with Gasteiger partial charge in [-0.25, -0.2) is 18.1 Å². The molecule has 0 saturated carbocycles. The molecule has 0 spiro atoms. The Hall–Kier alpha value is -3.71. The lowest BCUT2D eigenvalue weighted by molar-refractivity contribution is 0.601. The van der Waals surface area contributed by atoms with Crippen LogP contribution in [0.4, 0.5) is 17.5 Å². The van der Waals surface area contributed by atoms with Crippen LogP contribution in [0.1, 0.15) is 0 Å². The number of hydrogen-bond donors (Lipinski definition) is 2. The molecular weight excluding hydrogens is 384 g/mol. The summed E-state index contributed by atoms with van der Waals surface area (Å²) in [6.07, 6.45) is 0. The predicted octanol–water partition coefficient (Wildman–Crippen LogP) is 4.69. The Kier molecular flexibility index (Phi) is 5.22. The Morgan fingerprint density at radius 3 is 1.93 bits per heavy atom. The predicted molar refractivity (Wildman–Crippen MR) is 114 cm³/mol. The van der Waals surface area contributed by atoms with E-state index in [9.17, 15) is 8.42 Å². The van der Waals surface area contributed by atoms with Crippen molar-refractivity contribution >= 4 is 27.5 Å². The molecule has 0 unspecified atom stereocenters. The smallest absolute Gasteiger partial charge is 0.264 e. The Morgan fingerprint density at radius 1 is 0.690 bits per heavy atom. The summed E-state index contributed by atoms with van der Waals surface area (Å²) in [5.41, 5.74) is 2.29. The van der Waals surface area contributed by atoms with Crippen molar-refractivity contribution in [3.8, 4) is 11.3 Å². The van der Waals surface area contributed by atoms with E-state index >= 15 is 0 Å². The van der Waals surface area contributed by atoms with Crippen LogP contribution in [0, 0.1) is 0 Å². The number of hydrogen-bond acceptors (Lipinski definition) is 5. The molecule has 0 fully saturated rings. The second-order valence-electron chi connectivity index (χ2n) is 6.24. The summed E-state index contributed by atoms with van der Waals surface area (Å²) in [6, 6.07) is 29.0. The van der Waals surface area contributed by atoms with Gasteiger partial charge in [-0.3, -0.25) is 0 Å². The summed E-state index contributed by atoms with van der Waals surface area (Å²) in [6.45, 7) is 0. The molecule has 6 nitrogen and oxygen atoms in total. The van der Waals surface area contributed by atoms with Gasteiger partial charge in [-0.05, 0) is 24.3 Å². The summed E-state index contributed by atoms with van der Waals surface area (Å²) in [5, 5.41) is 3.19. The highest BCUT2D eigenvalue weighted by Gasteiger charge is 2.17. The molecule has 4 rings (SSSR count). The number of nitrogens with zero attached hydrogens (tertiary/aromatic N) is 2. The standard InChI is InChI=1S/C22H18N4O2S/c27-29(28,19-14-8-3-9-15-19)26-22-24-20(17-10-4-1-5-11-17)16-21(25-22)23-18-12-6-2-7-13-18/h1-16H,(H2,23,24,25,26). The number of benzene rings is 3. The fourth-order valence-electron chi connectivity index (χ4n) is 2.76. The zero-order valence-electron chi connectivity index (χ0n) is 15.4. The van der Waals surface area contributed by atoms with Gasteiger partial charge in [0.2, 0.25) is 5.95 Å². The molecule has 0 atom stereocenters. The molecule has 0 aliphatic rings. The van der Waals surface area contributed by atoms with E-state index in [2.05, 4.69) is 20.0 Å². The number of rotatable bonds is 6. The van der Waals surface area contributed by atoms with Crippen LogP contribution in [0.5, 0.6) is 0 Å². The maximum Gasteiger partial charge on any atom is 0.264 e. The average Bonchev–Trinajstić information content (AvgIpc) is 2.75. The topological polar surface area (TPSA) is 84.0 Å². The van der Waals surface area contributed by atoms with E-state index in [1.807, 2.05) is 60.7 Å². The zero-order chi connectivity index (χ0) is 20.1. The number of nitrogens with one attached hydrogen (secondary N) is 2. The highest BCUT2D eigenvalue weighted by atomic mass is 32.2. The second-order valence-corrected chi connectivity index (χ2v) is 7.92. The molecule has 29 heavy (non-hydrogen) atoms. The highest BCUT2D eigenvalue weighted by molar-refractivity contribution is 7.92. The fourth-order valence-corrected chi connectivity index (χ4v) is 3.73. The summed E-state index contributed by atoms with van der Waals surface area (Å²) in [7, 11) is -3.80. The molecule has 0 bridgehead atoms. The first kappa shape index (κ1) is 18.6. The molecule has 2 N–H and O–H groups in total.